The van der Waals surface area contributed by atoms with E-state index in [0.29, 0.717) is 18.1 Å². The standard InChI is InChI=1S/C18H22N2O3S3/c21-17(11-24-14-7-9-26(22,23)12-14)20-8-3-4-13(10-20)18-19-15-5-1-2-6-16(15)25-18/h1-2,5-6,13-14H,3-4,7-12H2/t13-,14-/m0/s1. The molecule has 2 fully saturated rings. The number of carbonyl (C=O) groups is 1. The predicted molar refractivity (Wildman–Crippen MR) is 108 cm³/mol. The van der Waals surface area contributed by atoms with Gasteiger partial charge in [0.2, 0.25) is 5.91 Å². The molecule has 0 bridgehead atoms. The summed E-state index contributed by atoms with van der Waals surface area (Å²) in [6.45, 7) is 1.52. The summed E-state index contributed by atoms with van der Waals surface area (Å²) in [4.78, 5) is 19.3. The van der Waals surface area contributed by atoms with Crippen LogP contribution in [-0.4, -0.2) is 59.8 Å². The van der Waals surface area contributed by atoms with Crippen LogP contribution in [0.3, 0.4) is 0 Å². The maximum absolute atomic E-state index is 12.6. The van der Waals surface area contributed by atoms with Gasteiger partial charge in [0, 0.05) is 24.3 Å². The van der Waals surface area contributed by atoms with E-state index in [1.165, 1.54) is 16.5 Å². The number of benzene rings is 1. The van der Waals surface area contributed by atoms with Crippen molar-refractivity contribution in [2.45, 2.75) is 30.4 Å². The van der Waals surface area contributed by atoms with Gasteiger partial charge in [-0.15, -0.1) is 23.1 Å². The molecular formula is C18H22N2O3S3. The number of aromatic nitrogens is 1. The van der Waals surface area contributed by atoms with E-state index in [9.17, 15) is 13.2 Å². The molecule has 2 atom stereocenters. The van der Waals surface area contributed by atoms with E-state index in [1.54, 1.807) is 11.3 Å². The molecule has 4 rings (SSSR count). The van der Waals surface area contributed by atoms with Gasteiger partial charge in [-0.05, 0) is 31.4 Å². The third-order valence-electron chi connectivity index (χ3n) is 5.07. The number of fused-ring (bicyclic) bond motifs is 1. The molecule has 1 aromatic heterocycles. The van der Waals surface area contributed by atoms with Crippen molar-refractivity contribution < 1.29 is 13.2 Å². The molecule has 2 aliphatic heterocycles. The summed E-state index contributed by atoms with van der Waals surface area (Å²) in [7, 11) is -2.88. The van der Waals surface area contributed by atoms with Gasteiger partial charge < -0.3 is 4.90 Å². The molecule has 1 amide bonds. The Labute approximate surface area is 162 Å². The molecule has 0 spiro atoms. The number of rotatable bonds is 4. The van der Waals surface area contributed by atoms with Crippen molar-refractivity contribution >= 4 is 49.1 Å². The van der Waals surface area contributed by atoms with Gasteiger partial charge in [0.25, 0.3) is 0 Å². The minimum atomic E-state index is -2.88. The fourth-order valence-electron chi connectivity index (χ4n) is 3.64. The first-order chi connectivity index (χ1) is 12.5. The number of thiazole rings is 1. The second-order valence-corrected chi connectivity index (χ2v) is 11.6. The Morgan fingerprint density at radius 2 is 2.15 bits per heavy atom. The topological polar surface area (TPSA) is 67.3 Å². The molecule has 2 aliphatic rings. The van der Waals surface area contributed by atoms with Crippen LogP contribution in [0.2, 0.25) is 0 Å². The van der Waals surface area contributed by atoms with E-state index in [2.05, 4.69) is 6.07 Å². The molecule has 1 aromatic carbocycles. The van der Waals surface area contributed by atoms with Gasteiger partial charge in [0.1, 0.15) is 0 Å². The Hall–Kier alpha value is -1.12. The van der Waals surface area contributed by atoms with Crippen LogP contribution in [0.4, 0.5) is 0 Å². The van der Waals surface area contributed by atoms with Crippen LogP contribution in [0, 0.1) is 0 Å². The lowest BCUT2D eigenvalue weighted by Gasteiger charge is -2.32. The second kappa shape index (κ2) is 7.48. The number of hydrogen-bond acceptors (Lipinski definition) is 6. The first kappa shape index (κ1) is 18.3. The van der Waals surface area contributed by atoms with Crippen molar-refractivity contribution in [1.82, 2.24) is 9.88 Å². The van der Waals surface area contributed by atoms with Crippen molar-refractivity contribution in [1.29, 1.82) is 0 Å². The van der Waals surface area contributed by atoms with Crippen LogP contribution in [0.5, 0.6) is 0 Å². The van der Waals surface area contributed by atoms with Crippen molar-refractivity contribution in [2.24, 2.45) is 0 Å². The molecule has 2 saturated heterocycles. The highest BCUT2D eigenvalue weighted by Gasteiger charge is 2.31. The van der Waals surface area contributed by atoms with Crippen LogP contribution in [0.25, 0.3) is 10.2 Å². The van der Waals surface area contributed by atoms with Gasteiger partial charge in [-0.1, -0.05) is 12.1 Å². The number of piperidine rings is 1. The molecule has 140 valence electrons. The van der Waals surface area contributed by atoms with E-state index in [-0.39, 0.29) is 22.7 Å². The Bertz CT molecular complexity index is 876. The normalized spacial score (nSPS) is 25.6. The Morgan fingerprint density at radius 3 is 2.92 bits per heavy atom. The predicted octanol–water partition coefficient (Wildman–Crippen LogP) is 2.92. The second-order valence-electron chi connectivity index (χ2n) is 7.03. The molecule has 5 nitrogen and oxygen atoms in total. The number of likely N-dealkylation sites (tertiary alicyclic amines) is 1. The molecule has 26 heavy (non-hydrogen) atoms. The van der Waals surface area contributed by atoms with Gasteiger partial charge in [0.15, 0.2) is 9.84 Å². The molecule has 3 heterocycles. The van der Waals surface area contributed by atoms with E-state index in [4.69, 9.17) is 4.98 Å². The van der Waals surface area contributed by atoms with Crippen molar-refractivity contribution in [3.05, 3.63) is 29.3 Å². The van der Waals surface area contributed by atoms with Gasteiger partial charge in [-0.25, -0.2) is 13.4 Å². The van der Waals surface area contributed by atoms with E-state index < -0.39 is 9.84 Å². The summed E-state index contributed by atoms with van der Waals surface area (Å²) in [5, 5.41) is 1.20. The number of para-hydroxylation sites is 1. The highest BCUT2D eigenvalue weighted by atomic mass is 32.2. The lowest BCUT2D eigenvalue weighted by Crippen LogP contribution is -2.40. The first-order valence-corrected chi connectivity index (χ1v) is 12.6. The fraction of sp³-hybridized carbons (Fsp3) is 0.556. The summed E-state index contributed by atoms with van der Waals surface area (Å²) >= 11 is 3.24. The van der Waals surface area contributed by atoms with Crippen LogP contribution >= 0.6 is 23.1 Å². The molecule has 0 saturated carbocycles. The number of carbonyl (C=O) groups excluding carboxylic acids is 1. The molecule has 0 aliphatic carbocycles. The van der Waals surface area contributed by atoms with Gasteiger partial charge in [-0.3, -0.25) is 4.79 Å². The molecule has 2 aromatic rings. The molecule has 0 unspecified atom stereocenters. The van der Waals surface area contributed by atoms with Crippen molar-refractivity contribution in [3.63, 3.8) is 0 Å². The highest BCUT2D eigenvalue weighted by molar-refractivity contribution is 8.02. The molecule has 0 N–H and O–H groups in total. The molecule has 8 heteroatoms. The summed E-state index contributed by atoms with van der Waals surface area (Å²) in [6, 6.07) is 8.16. The largest absolute Gasteiger partial charge is 0.341 e. The minimum Gasteiger partial charge on any atom is -0.341 e. The van der Waals surface area contributed by atoms with Crippen molar-refractivity contribution in [3.8, 4) is 0 Å². The maximum atomic E-state index is 12.6. The number of thioether (sulfide) groups is 1. The van der Waals surface area contributed by atoms with Gasteiger partial charge in [-0.2, -0.15) is 0 Å². The summed E-state index contributed by atoms with van der Waals surface area (Å²) in [5.74, 6) is 1.31. The summed E-state index contributed by atoms with van der Waals surface area (Å²) in [6.07, 6.45) is 2.74. The average molecular weight is 411 g/mol. The quantitative estimate of drug-likeness (QED) is 0.775. The van der Waals surface area contributed by atoms with Crippen LogP contribution in [0.1, 0.15) is 30.2 Å². The maximum Gasteiger partial charge on any atom is 0.232 e. The zero-order valence-electron chi connectivity index (χ0n) is 14.5. The number of hydrogen-bond donors (Lipinski definition) is 0. The number of amides is 1. The Kier molecular flexibility index (Phi) is 5.25. The smallest absolute Gasteiger partial charge is 0.232 e. The van der Waals surface area contributed by atoms with Crippen LogP contribution in [-0.2, 0) is 14.6 Å². The zero-order chi connectivity index (χ0) is 18.1. The number of sulfone groups is 1. The van der Waals surface area contributed by atoms with Crippen LogP contribution in [0.15, 0.2) is 24.3 Å². The van der Waals surface area contributed by atoms with E-state index >= 15 is 0 Å². The monoisotopic (exact) mass is 410 g/mol. The zero-order valence-corrected chi connectivity index (χ0v) is 16.9. The van der Waals surface area contributed by atoms with Crippen LogP contribution < -0.4 is 0 Å². The Balaban J connectivity index is 1.36. The third kappa shape index (κ3) is 4.07. The first-order valence-electron chi connectivity index (χ1n) is 8.95. The molecular weight excluding hydrogens is 388 g/mol. The summed E-state index contributed by atoms with van der Waals surface area (Å²) in [5.41, 5.74) is 1.04. The van der Waals surface area contributed by atoms with E-state index in [1.807, 2.05) is 23.1 Å². The van der Waals surface area contributed by atoms with Gasteiger partial charge >= 0.3 is 0 Å². The number of nitrogens with zero attached hydrogens (tertiary/aromatic N) is 2. The van der Waals surface area contributed by atoms with Crippen molar-refractivity contribution in [2.75, 3.05) is 30.3 Å². The van der Waals surface area contributed by atoms with Gasteiger partial charge in [0.05, 0.1) is 32.5 Å². The SMILES string of the molecule is O=C(CS[C@H]1CCS(=O)(=O)C1)N1CCC[C@H](c2nc3ccccc3s2)C1. The van der Waals surface area contributed by atoms with E-state index in [0.717, 1.165) is 36.5 Å². The third-order valence-corrected chi connectivity index (χ3v) is 9.53. The average Bonchev–Trinajstić information content (AvgIpc) is 3.22. The fourth-order valence-corrected chi connectivity index (χ4v) is 8.28. The summed E-state index contributed by atoms with van der Waals surface area (Å²) < 4.78 is 24.3. The Morgan fingerprint density at radius 1 is 1.31 bits per heavy atom. The highest BCUT2D eigenvalue weighted by Crippen LogP contribution is 2.33. The lowest BCUT2D eigenvalue weighted by atomic mass is 9.99. The molecule has 0 radical (unpaired) electrons. The minimum absolute atomic E-state index is 0.0776. The lowest BCUT2D eigenvalue weighted by molar-refractivity contribution is -0.129.